The van der Waals surface area contributed by atoms with Gasteiger partial charge in [-0.25, -0.2) is 8.42 Å². The fraction of sp³-hybridized carbons (Fsp3) is 0.167. The zero-order valence-electron chi connectivity index (χ0n) is 15.3. The van der Waals surface area contributed by atoms with E-state index in [2.05, 4.69) is 20.2 Å². The Labute approximate surface area is 177 Å². The Hall–Kier alpha value is -2.56. The minimum Gasteiger partial charge on any atom is -0.411 e. The summed E-state index contributed by atoms with van der Waals surface area (Å²) >= 11 is 6.92. The molecule has 152 valence electrons. The van der Waals surface area contributed by atoms with Crippen molar-refractivity contribution in [1.82, 2.24) is 10.2 Å². The van der Waals surface area contributed by atoms with Crippen LogP contribution in [0, 0.1) is 0 Å². The van der Waals surface area contributed by atoms with E-state index >= 15 is 0 Å². The number of nitrogens with one attached hydrogen (secondary N) is 2. The van der Waals surface area contributed by atoms with Crippen LogP contribution in [0.3, 0.4) is 0 Å². The summed E-state index contributed by atoms with van der Waals surface area (Å²) in [5.74, 6) is 0.146. The molecule has 0 atom stereocenters. The number of nitrogens with zero attached hydrogens (tertiary/aromatic N) is 2. The van der Waals surface area contributed by atoms with Gasteiger partial charge in [-0.1, -0.05) is 23.4 Å². The molecule has 0 unspecified atom stereocenters. The SMILES string of the molecule is CCS(=O)(=O)Nc1ccc(-c2nnc(SCC(=O)Nc3ccc(Cl)cc3)o2)cc1. The maximum Gasteiger partial charge on any atom is 0.277 e. The third kappa shape index (κ3) is 6.21. The van der Waals surface area contributed by atoms with E-state index in [9.17, 15) is 13.2 Å². The fourth-order valence-corrected chi connectivity index (χ4v) is 3.50. The van der Waals surface area contributed by atoms with Crippen LogP contribution < -0.4 is 10.0 Å². The molecule has 8 nitrogen and oxygen atoms in total. The van der Waals surface area contributed by atoms with Gasteiger partial charge in [-0.2, -0.15) is 0 Å². The monoisotopic (exact) mass is 452 g/mol. The molecular formula is C18H17ClN4O4S2. The predicted molar refractivity (Wildman–Crippen MR) is 114 cm³/mol. The van der Waals surface area contributed by atoms with Gasteiger partial charge in [-0.05, 0) is 55.5 Å². The quantitative estimate of drug-likeness (QED) is 0.498. The number of carbonyl (C=O) groups excluding carboxylic acids is 1. The minimum absolute atomic E-state index is 0.00934. The minimum atomic E-state index is -3.34. The van der Waals surface area contributed by atoms with Crippen LogP contribution in [-0.4, -0.2) is 36.0 Å². The molecule has 3 rings (SSSR count). The second kappa shape index (κ2) is 9.29. The molecule has 1 aromatic heterocycles. The number of aromatic nitrogens is 2. The molecule has 1 amide bonds. The molecule has 0 bridgehead atoms. The third-order valence-corrected chi connectivity index (χ3v) is 6.02. The molecule has 0 aliphatic heterocycles. The molecular weight excluding hydrogens is 436 g/mol. The molecule has 3 aromatic rings. The highest BCUT2D eigenvalue weighted by Crippen LogP contribution is 2.25. The lowest BCUT2D eigenvalue weighted by atomic mass is 10.2. The Morgan fingerprint density at radius 2 is 1.72 bits per heavy atom. The largest absolute Gasteiger partial charge is 0.411 e. The molecule has 29 heavy (non-hydrogen) atoms. The first-order chi connectivity index (χ1) is 13.8. The van der Waals surface area contributed by atoms with E-state index < -0.39 is 10.0 Å². The number of hydrogen-bond donors (Lipinski definition) is 2. The van der Waals surface area contributed by atoms with E-state index in [0.29, 0.717) is 22.0 Å². The second-order valence-electron chi connectivity index (χ2n) is 5.80. The Bertz CT molecular complexity index is 1080. The smallest absolute Gasteiger partial charge is 0.277 e. The van der Waals surface area contributed by atoms with E-state index in [1.165, 1.54) is 0 Å². The Morgan fingerprint density at radius 3 is 2.38 bits per heavy atom. The van der Waals surface area contributed by atoms with Gasteiger partial charge < -0.3 is 9.73 Å². The van der Waals surface area contributed by atoms with Gasteiger partial charge in [0, 0.05) is 22.0 Å². The fourth-order valence-electron chi connectivity index (χ4n) is 2.17. The molecule has 0 aliphatic carbocycles. The molecule has 0 saturated heterocycles. The van der Waals surface area contributed by atoms with Crippen molar-refractivity contribution in [2.24, 2.45) is 0 Å². The molecule has 0 aliphatic rings. The van der Waals surface area contributed by atoms with Crippen molar-refractivity contribution in [2.45, 2.75) is 12.1 Å². The first-order valence-electron chi connectivity index (χ1n) is 8.47. The average molecular weight is 453 g/mol. The number of amides is 1. The van der Waals surface area contributed by atoms with Crippen molar-refractivity contribution in [3.05, 3.63) is 53.6 Å². The van der Waals surface area contributed by atoms with Gasteiger partial charge >= 0.3 is 0 Å². The van der Waals surface area contributed by atoms with E-state index in [4.69, 9.17) is 16.0 Å². The molecule has 0 fully saturated rings. The second-order valence-corrected chi connectivity index (χ2v) is 9.17. The molecule has 1 heterocycles. The summed E-state index contributed by atoms with van der Waals surface area (Å²) in [4.78, 5) is 12.0. The van der Waals surface area contributed by atoms with Crippen molar-refractivity contribution in [2.75, 3.05) is 21.5 Å². The lowest BCUT2D eigenvalue weighted by molar-refractivity contribution is -0.113. The number of rotatable bonds is 8. The highest BCUT2D eigenvalue weighted by atomic mass is 35.5. The van der Waals surface area contributed by atoms with Gasteiger partial charge in [0.05, 0.1) is 11.5 Å². The highest BCUT2D eigenvalue weighted by molar-refractivity contribution is 7.99. The lowest BCUT2D eigenvalue weighted by Gasteiger charge is -2.05. The molecule has 2 N–H and O–H groups in total. The summed E-state index contributed by atoms with van der Waals surface area (Å²) in [6.07, 6.45) is 0. The summed E-state index contributed by atoms with van der Waals surface area (Å²) in [5, 5.41) is 11.5. The maximum atomic E-state index is 12.0. The van der Waals surface area contributed by atoms with Crippen molar-refractivity contribution < 1.29 is 17.6 Å². The maximum absolute atomic E-state index is 12.0. The van der Waals surface area contributed by atoms with Crippen LogP contribution in [0.2, 0.25) is 5.02 Å². The van der Waals surface area contributed by atoms with Crippen LogP contribution in [0.5, 0.6) is 0 Å². The number of thioether (sulfide) groups is 1. The summed E-state index contributed by atoms with van der Waals surface area (Å²) in [6.45, 7) is 1.56. The first kappa shape index (κ1) is 21.2. The Morgan fingerprint density at radius 1 is 1.07 bits per heavy atom. The number of sulfonamides is 1. The Kier molecular flexibility index (Phi) is 6.78. The van der Waals surface area contributed by atoms with Gasteiger partial charge in [0.2, 0.25) is 21.8 Å². The zero-order chi connectivity index (χ0) is 20.9. The number of halogens is 1. The normalized spacial score (nSPS) is 11.2. The lowest BCUT2D eigenvalue weighted by Crippen LogP contribution is -2.14. The number of anilines is 2. The summed E-state index contributed by atoms with van der Waals surface area (Å²) in [7, 11) is -3.34. The highest BCUT2D eigenvalue weighted by Gasteiger charge is 2.12. The van der Waals surface area contributed by atoms with Gasteiger partial charge in [0.15, 0.2) is 0 Å². The zero-order valence-corrected chi connectivity index (χ0v) is 17.6. The van der Waals surface area contributed by atoms with Crippen LogP contribution in [0.1, 0.15) is 6.92 Å². The summed E-state index contributed by atoms with van der Waals surface area (Å²) in [6, 6.07) is 13.4. The Balaban J connectivity index is 1.56. The molecule has 2 aromatic carbocycles. The van der Waals surface area contributed by atoms with E-state index in [1.54, 1.807) is 55.5 Å². The number of carbonyl (C=O) groups is 1. The van der Waals surface area contributed by atoms with Crippen LogP contribution in [0.15, 0.2) is 58.2 Å². The van der Waals surface area contributed by atoms with Crippen molar-refractivity contribution >= 4 is 50.7 Å². The van der Waals surface area contributed by atoms with Crippen LogP contribution in [0.4, 0.5) is 11.4 Å². The van der Waals surface area contributed by atoms with Crippen LogP contribution in [-0.2, 0) is 14.8 Å². The predicted octanol–water partition coefficient (Wildman–Crippen LogP) is 3.88. The van der Waals surface area contributed by atoms with E-state index in [0.717, 1.165) is 11.8 Å². The first-order valence-corrected chi connectivity index (χ1v) is 11.5. The van der Waals surface area contributed by atoms with Crippen LogP contribution in [0.25, 0.3) is 11.5 Å². The van der Waals surface area contributed by atoms with E-state index in [-0.39, 0.29) is 28.5 Å². The molecule has 0 spiro atoms. The number of benzene rings is 2. The molecule has 0 radical (unpaired) electrons. The van der Waals surface area contributed by atoms with Crippen LogP contribution >= 0.6 is 23.4 Å². The topological polar surface area (TPSA) is 114 Å². The third-order valence-electron chi connectivity index (χ3n) is 3.65. The molecule has 0 saturated carbocycles. The molecule has 11 heteroatoms. The van der Waals surface area contributed by atoms with Crippen molar-refractivity contribution in [3.63, 3.8) is 0 Å². The van der Waals surface area contributed by atoms with Gasteiger partial charge in [-0.15, -0.1) is 10.2 Å². The van der Waals surface area contributed by atoms with Gasteiger partial charge in [-0.3, -0.25) is 9.52 Å². The standard InChI is InChI=1S/C18H17ClN4O4S2/c1-2-29(25,26)23-15-7-3-12(4-8-15)17-21-22-18(27-17)28-11-16(24)20-14-9-5-13(19)6-10-14/h3-10,23H,2,11H2,1H3,(H,20,24). The van der Waals surface area contributed by atoms with Crippen molar-refractivity contribution in [3.8, 4) is 11.5 Å². The van der Waals surface area contributed by atoms with Gasteiger partial charge in [0.1, 0.15) is 0 Å². The summed E-state index contributed by atoms with van der Waals surface area (Å²) in [5.41, 5.74) is 1.73. The van der Waals surface area contributed by atoms with Crippen molar-refractivity contribution in [1.29, 1.82) is 0 Å². The number of hydrogen-bond acceptors (Lipinski definition) is 7. The van der Waals surface area contributed by atoms with Gasteiger partial charge in [0.25, 0.3) is 5.22 Å². The average Bonchev–Trinajstić information content (AvgIpc) is 3.18. The van der Waals surface area contributed by atoms with E-state index in [1.807, 2.05) is 0 Å². The summed E-state index contributed by atoms with van der Waals surface area (Å²) < 4.78 is 31.2.